The lowest BCUT2D eigenvalue weighted by atomic mass is 9.52. The lowest BCUT2D eigenvalue weighted by molar-refractivity contribution is -0.138. The second-order valence-corrected chi connectivity index (χ2v) is 13.1. The Morgan fingerprint density at radius 1 is 1.03 bits per heavy atom. The van der Waals surface area contributed by atoms with Crippen LogP contribution in [0.3, 0.4) is 0 Å². The van der Waals surface area contributed by atoms with Gasteiger partial charge in [0.2, 0.25) is 0 Å². The zero-order valence-corrected chi connectivity index (χ0v) is 21.1. The van der Waals surface area contributed by atoms with Crippen LogP contribution in [0.4, 0.5) is 5.82 Å². The van der Waals surface area contributed by atoms with Crippen molar-refractivity contribution in [3.63, 3.8) is 0 Å². The van der Waals surface area contributed by atoms with Gasteiger partial charge in [-0.2, -0.15) is 0 Å². The van der Waals surface area contributed by atoms with Gasteiger partial charge in [-0.1, -0.05) is 19.3 Å². The predicted molar refractivity (Wildman–Crippen MR) is 135 cm³/mol. The van der Waals surface area contributed by atoms with E-state index in [0.29, 0.717) is 47.4 Å². The Morgan fingerprint density at radius 2 is 1.77 bits per heavy atom. The maximum absolute atomic E-state index is 13.6. The lowest BCUT2D eigenvalue weighted by Crippen LogP contribution is -2.61. The Hall–Kier alpha value is -1.80. The number of pyridine rings is 1. The van der Waals surface area contributed by atoms with Crippen LogP contribution in [0, 0.1) is 17.8 Å². The van der Waals surface area contributed by atoms with E-state index in [4.69, 9.17) is 4.98 Å². The number of rotatable bonds is 6. The van der Waals surface area contributed by atoms with Crippen molar-refractivity contribution >= 4 is 29.5 Å². The van der Waals surface area contributed by atoms with E-state index in [0.717, 1.165) is 56.4 Å². The van der Waals surface area contributed by atoms with Crippen LogP contribution in [-0.4, -0.2) is 56.6 Å². The van der Waals surface area contributed by atoms with Gasteiger partial charge in [-0.05, 0) is 87.7 Å². The summed E-state index contributed by atoms with van der Waals surface area (Å²) in [7, 11) is 0. The Labute approximate surface area is 211 Å². The maximum atomic E-state index is 13.6. The third kappa shape index (κ3) is 4.57. The molecule has 5 aliphatic carbocycles. The second kappa shape index (κ2) is 9.25. The van der Waals surface area contributed by atoms with Crippen LogP contribution in [0.1, 0.15) is 87.4 Å². The van der Waals surface area contributed by atoms with E-state index in [1.165, 1.54) is 19.3 Å². The molecular weight excluding hydrogens is 462 g/mol. The Bertz CT molecular complexity index is 981. The van der Waals surface area contributed by atoms with Crippen LogP contribution < -0.4 is 10.2 Å². The van der Waals surface area contributed by atoms with Gasteiger partial charge in [-0.3, -0.25) is 4.79 Å². The summed E-state index contributed by atoms with van der Waals surface area (Å²) in [6.45, 7) is 0.679. The van der Waals surface area contributed by atoms with Gasteiger partial charge in [0.15, 0.2) is 0 Å². The normalized spacial score (nSPS) is 36.5. The average Bonchev–Trinajstić information content (AvgIpc) is 3.31. The molecule has 3 atom stereocenters. The smallest absolute Gasteiger partial charge is 0.326 e. The molecule has 35 heavy (non-hydrogen) atoms. The van der Waals surface area contributed by atoms with Gasteiger partial charge in [0.25, 0.3) is 5.91 Å². The number of nitrogens with zero attached hydrogens (tertiary/aromatic N) is 2. The highest BCUT2D eigenvalue weighted by Gasteiger charge is 2.55. The number of aliphatic carboxylic acids is 1. The molecule has 7 nitrogen and oxygen atoms in total. The fraction of sp³-hybridized carbons (Fsp3) is 0.741. The highest BCUT2D eigenvalue weighted by molar-refractivity contribution is 7.99. The molecule has 6 aliphatic rings. The molecule has 8 heteroatoms. The monoisotopic (exact) mass is 499 g/mol. The molecule has 1 amide bonds. The average molecular weight is 500 g/mol. The largest absolute Gasteiger partial charge is 0.480 e. The van der Waals surface area contributed by atoms with Crippen LogP contribution in [0.2, 0.25) is 0 Å². The number of amides is 1. The zero-order chi connectivity index (χ0) is 24.2. The van der Waals surface area contributed by atoms with E-state index in [9.17, 15) is 19.8 Å². The Morgan fingerprint density at radius 3 is 2.46 bits per heavy atom. The number of thioether (sulfide) groups is 1. The van der Waals surface area contributed by atoms with Crippen LogP contribution in [0.25, 0.3) is 0 Å². The summed E-state index contributed by atoms with van der Waals surface area (Å²) >= 11 is 1.71. The molecule has 0 radical (unpaired) electrons. The van der Waals surface area contributed by atoms with Gasteiger partial charge in [0, 0.05) is 17.8 Å². The molecular formula is C27H37N3O4S. The highest BCUT2D eigenvalue weighted by Crippen LogP contribution is 2.55. The Balaban J connectivity index is 1.25. The molecule has 5 saturated carbocycles. The van der Waals surface area contributed by atoms with Gasteiger partial charge >= 0.3 is 5.97 Å². The van der Waals surface area contributed by atoms with E-state index in [-0.39, 0.29) is 11.9 Å². The fourth-order valence-electron chi connectivity index (χ4n) is 7.94. The number of anilines is 1. The van der Waals surface area contributed by atoms with Crippen molar-refractivity contribution in [3.05, 3.63) is 17.7 Å². The third-order valence-corrected chi connectivity index (χ3v) is 10.6. The molecule has 6 fully saturated rings. The summed E-state index contributed by atoms with van der Waals surface area (Å²) < 4.78 is 0. The summed E-state index contributed by atoms with van der Waals surface area (Å²) in [6, 6.07) is 3.28. The van der Waals surface area contributed by atoms with Crippen LogP contribution >= 0.6 is 11.8 Å². The SMILES string of the molecule is O=C(NC1C2CC3CC1CC(O)(C3)C2)c1ccc(N2CCCC2C(=O)O)nc1SC1CCCCC1. The number of carboxylic acids is 1. The number of carbonyl (C=O) groups is 2. The molecule has 0 aromatic carbocycles. The first-order chi connectivity index (χ1) is 16.9. The van der Waals surface area contributed by atoms with E-state index >= 15 is 0 Å². The molecule has 3 N–H and O–H groups in total. The number of hydrogen-bond acceptors (Lipinski definition) is 6. The first-order valence-corrected chi connectivity index (χ1v) is 14.5. The summed E-state index contributed by atoms with van der Waals surface area (Å²) in [5, 5.41) is 25.1. The molecule has 0 spiro atoms. The standard InChI is InChI=1S/C27H37N3O4S/c31-24(29-23-17-11-16-12-18(23)15-27(34,13-16)14-17)20-8-9-22(30-10-4-7-21(30)26(32)33)28-25(20)35-19-5-2-1-3-6-19/h8-9,16-19,21,23,34H,1-7,10-15H2,(H,29,31)(H,32,33). The van der Waals surface area contributed by atoms with Gasteiger partial charge in [-0.15, -0.1) is 11.8 Å². The minimum absolute atomic E-state index is 0.0666. The first kappa shape index (κ1) is 23.6. The minimum Gasteiger partial charge on any atom is -0.480 e. The number of aliphatic hydroxyl groups is 1. The van der Waals surface area contributed by atoms with Crippen molar-refractivity contribution in [2.45, 2.75) is 105 Å². The number of carboxylic acid groups (broad SMARTS) is 1. The Kier molecular flexibility index (Phi) is 6.24. The van der Waals surface area contributed by atoms with E-state index in [2.05, 4.69) is 5.32 Å². The molecule has 1 aliphatic heterocycles. The summed E-state index contributed by atoms with van der Waals surface area (Å²) in [5.74, 6) is 1.11. The lowest BCUT2D eigenvalue weighted by Gasteiger charge is -2.58. The minimum atomic E-state index is -0.809. The maximum Gasteiger partial charge on any atom is 0.326 e. The number of hydrogen-bond donors (Lipinski definition) is 3. The zero-order valence-electron chi connectivity index (χ0n) is 20.3. The summed E-state index contributed by atoms with van der Waals surface area (Å²) in [5.41, 5.74) is 0.0993. The van der Waals surface area contributed by atoms with Crippen molar-refractivity contribution in [1.82, 2.24) is 10.3 Å². The molecule has 3 unspecified atom stereocenters. The number of carbonyl (C=O) groups excluding carboxylic acids is 1. The van der Waals surface area contributed by atoms with Gasteiger partial charge in [0.1, 0.15) is 16.9 Å². The number of aromatic nitrogens is 1. The van der Waals surface area contributed by atoms with Crippen molar-refractivity contribution in [1.29, 1.82) is 0 Å². The van der Waals surface area contributed by atoms with Crippen molar-refractivity contribution in [2.75, 3.05) is 11.4 Å². The van der Waals surface area contributed by atoms with Crippen molar-refractivity contribution < 1.29 is 19.8 Å². The fourth-order valence-corrected chi connectivity index (χ4v) is 9.26. The van der Waals surface area contributed by atoms with Gasteiger partial charge in [0.05, 0.1) is 11.2 Å². The molecule has 1 aromatic rings. The quantitative estimate of drug-likeness (QED) is 0.538. The van der Waals surface area contributed by atoms with Gasteiger partial charge < -0.3 is 20.4 Å². The molecule has 1 aromatic heterocycles. The first-order valence-electron chi connectivity index (χ1n) is 13.6. The molecule has 4 bridgehead atoms. The van der Waals surface area contributed by atoms with E-state index < -0.39 is 17.6 Å². The van der Waals surface area contributed by atoms with Crippen molar-refractivity contribution in [3.8, 4) is 0 Å². The molecule has 7 rings (SSSR count). The van der Waals surface area contributed by atoms with E-state index in [1.807, 2.05) is 17.0 Å². The van der Waals surface area contributed by atoms with Crippen LogP contribution in [0.15, 0.2) is 17.2 Å². The topological polar surface area (TPSA) is 103 Å². The predicted octanol–water partition coefficient (Wildman–Crippen LogP) is 4.23. The van der Waals surface area contributed by atoms with Crippen molar-refractivity contribution in [2.24, 2.45) is 17.8 Å². The third-order valence-electron chi connectivity index (χ3n) is 9.29. The number of nitrogens with one attached hydrogen (secondary N) is 1. The highest BCUT2D eigenvalue weighted by atomic mass is 32.2. The van der Waals surface area contributed by atoms with Gasteiger partial charge in [-0.25, -0.2) is 9.78 Å². The van der Waals surface area contributed by atoms with E-state index in [1.54, 1.807) is 11.8 Å². The second-order valence-electron chi connectivity index (χ2n) is 11.8. The van der Waals surface area contributed by atoms with Crippen LogP contribution in [-0.2, 0) is 4.79 Å². The van der Waals surface area contributed by atoms with Crippen LogP contribution in [0.5, 0.6) is 0 Å². The molecule has 1 saturated heterocycles. The summed E-state index contributed by atoms with van der Waals surface area (Å²) in [6.07, 6.45) is 12.2. The molecule has 2 heterocycles. The summed E-state index contributed by atoms with van der Waals surface area (Å²) in [4.78, 5) is 32.2. The molecule has 190 valence electrons.